The summed E-state index contributed by atoms with van der Waals surface area (Å²) < 4.78 is 0. The van der Waals surface area contributed by atoms with Crippen LogP contribution in [0.25, 0.3) is 11.1 Å². The maximum atomic E-state index is 5.84. The van der Waals surface area contributed by atoms with Crippen LogP contribution < -0.4 is 5.73 Å². The second-order valence-corrected chi connectivity index (χ2v) is 4.51. The highest BCUT2D eigenvalue weighted by Gasteiger charge is 2.02. The minimum Gasteiger partial charge on any atom is -0.328 e. The first-order valence-electron chi connectivity index (χ1n) is 5.47. The molecular formula is C13H14ClN3. The number of rotatable bonds is 3. The van der Waals surface area contributed by atoms with E-state index < -0.39 is 0 Å². The van der Waals surface area contributed by atoms with Gasteiger partial charge in [0.05, 0.1) is 0 Å². The van der Waals surface area contributed by atoms with Crippen molar-refractivity contribution in [3.63, 3.8) is 0 Å². The first-order valence-corrected chi connectivity index (χ1v) is 5.85. The molecule has 0 amide bonds. The standard InChI is InChI=1S/C13H14ClN3/c1-9(15)6-13-16-7-11(8-17-13)10-2-4-12(14)5-3-10/h2-5,7-9H,6,15H2,1H3. The van der Waals surface area contributed by atoms with Gasteiger partial charge in [-0.05, 0) is 24.6 Å². The molecule has 17 heavy (non-hydrogen) atoms. The fourth-order valence-electron chi connectivity index (χ4n) is 1.54. The number of benzene rings is 1. The van der Waals surface area contributed by atoms with Crippen molar-refractivity contribution in [1.29, 1.82) is 0 Å². The molecule has 1 atom stereocenters. The summed E-state index contributed by atoms with van der Waals surface area (Å²) in [7, 11) is 0. The van der Waals surface area contributed by atoms with Crippen LogP contribution in [0.3, 0.4) is 0 Å². The third-order valence-corrected chi connectivity index (χ3v) is 2.64. The van der Waals surface area contributed by atoms with E-state index in [0.29, 0.717) is 6.42 Å². The van der Waals surface area contributed by atoms with Crippen LogP contribution in [0.1, 0.15) is 12.7 Å². The normalized spacial score (nSPS) is 12.4. The van der Waals surface area contributed by atoms with Crippen molar-refractivity contribution in [2.75, 3.05) is 0 Å². The molecule has 0 fully saturated rings. The number of nitrogens with two attached hydrogens (primary N) is 1. The van der Waals surface area contributed by atoms with Crippen LogP contribution in [0.5, 0.6) is 0 Å². The lowest BCUT2D eigenvalue weighted by Gasteiger charge is -2.05. The summed E-state index contributed by atoms with van der Waals surface area (Å²) in [5.74, 6) is 0.776. The Hall–Kier alpha value is -1.45. The first-order chi connectivity index (χ1) is 8.15. The highest BCUT2D eigenvalue weighted by atomic mass is 35.5. The molecule has 0 spiro atoms. The van der Waals surface area contributed by atoms with Crippen molar-refractivity contribution in [2.45, 2.75) is 19.4 Å². The predicted octanol–water partition coefficient (Wildman–Crippen LogP) is 2.69. The summed E-state index contributed by atoms with van der Waals surface area (Å²) >= 11 is 5.84. The Balaban J connectivity index is 2.20. The molecular weight excluding hydrogens is 234 g/mol. The summed E-state index contributed by atoms with van der Waals surface area (Å²) in [4.78, 5) is 8.59. The van der Waals surface area contributed by atoms with E-state index >= 15 is 0 Å². The minimum atomic E-state index is 0.0800. The second-order valence-electron chi connectivity index (χ2n) is 4.08. The summed E-state index contributed by atoms with van der Waals surface area (Å²) in [6.07, 6.45) is 4.32. The van der Waals surface area contributed by atoms with Gasteiger partial charge in [-0.2, -0.15) is 0 Å². The molecule has 0 saturated carbocycles. The van der Waals surface area contributed by atoms with Gasteiger partial charge < -0.3 is 5.73 Å². The molecule has 88 valence electrons. The molecule has 3 nitrogen and oxygen atoms in total. The topological polar surface area (TPSA) is 51.8 Å². The number of nitrogens with zero attached hydrogens (tertiary/aromatic N) is 2. The second kappa shape index (κ2) is 5.25. The number of halogens is 1. The third-order valence-electron chi connectivity index (χ3n) is 2.39. The van der Waals surface area contributed by atoms with Crippen LogP contribution in [-0.4, -0.2) is 16.0 Å². The summed E-state index contributed by atoms with van der Waals surface area (Å²) in [5.41, 5.74) is 7.73. The van der Waals surface area contributed by atoms with Crippen molar-refractivity contribution in [1.82, 2.24) is 9.97 Å². The Morgan fingerprint density at radius 2 is 1.71 bits per heavy atom. The minimum absolute atomic E-state index is 0.0800. The van der Waals surface area contributed by atoms with Crippen LogP contribution in [0, 0.1) is 0 Å². The lowest BCUT2D eigenvalue weighted by Crippen LogP contribution is -2.19. The average Bonchev–Trinajstić information content (AvgIpc) is 2.30. The van der Waals surface area contributed by atoms with E-state index in [1.54, 1.807) is 0 Å². The third kappa shape index (κ3) is 3.25. The van der Waals surface area contributed by atoms with E-state index in [1.165, 1.54) is 0 Å². The van der Waals surface area contributed by atoms with Gasteiger partial charge >= 0.3 is 0 Å². The summed E-state index contributed by atoms with van der Waals surface area (Å²) in [6.45, 7) is 1.94. The molecule has 0 aliphatic heterocycles. The monoisotopic (exact) mass is 247 g/mol. The largest absolute Gasteiger partial charge is 0.328 e. The molecule has 2 rings (SSSR count). The average molecular weight is 248 g/mol. The zero-order valence-electron chi connectivity index (χ0n) is 9.60. The Labute approximate surface area is 106 Å². The van der Waals surface area contributed by atoms with Gasteiger partial charge in [0.15, 0.2) is 0 Å². The van der Waals surface area contributed by atoms with E-state index in [9.17, 15) is 0 Å². The molecule has 0 aliphatic carbocycles. The lowest BCUT2D eigenvalue weighted by molar-refractivity contribution is 0.702. The molecule has 0 aliphatic rings. The Morgan fingerprint density at radius 1 is 1.12 bits per heavy atom. The molecule has 1 aromatic heterocycles. The van der Waals surface area contributed by atoms with Crippen molar-refractivity contribution in [3.05, 3.63) is 47.5 Å². The van der Waals surface area contributed by atoms with Crippen LogP contribution in [0.15, 0.2) is 36.7 Å². The maximum Gasteiger partial charge on any atom is 0.129 e. The van der Waals surface area contributed by atoms with Crippen LogP contribution in [0.2, 0.25) is 5.02 Å². The fraction of sp³-hybridized carbons (Fsp3) is 0.231. The molecule has 0 saturated heterocycles. The van der Waals surface area contributed by atoms with E-state index in [0.717, 1.165) is 22.0 Å². The van der Waals surface area contributed by atoms with Gasteiger partial charge in [0, 0.05) is 35.4 Å². The van der Waals surface area contributed by atoms with Gasteiger partial charge in [0.25, 0.3) is 0 Å². The number of aromatic nitrogens is 2. The Morgan fingerprint density at radius 3 is 2.24 bits per heavy atom. The lowest BCUT2D eigenvalue weighted by atomic mass is 10.1. The van der Waals surface area contributed by atoms with Crippen molar-refractivity contribution in [2.24, 2.45) is 5.73 Å². The van der Waals surface area contributed by atoms with E-state index in [2.05, 4.69) is 9.97 Å². The van der Waals surface area contributed by atoms with Gasteiger partial charge in [0.1, 0.15) is 5.82 Å². The van der Waals surface area contributed by atoms with Gasteiger partial charge in [-0.25, -0.2) is 9.97 Å². The molecule has 1 unspecified atom stereocenters. The highest BCUT2D eigenvalue weighted by molar-refractivity contribution is 6.30. The predicted molar refractivity (Wildman–Crippen MR) is 69.8 cm³/mol. The summed E-state index contributed by atoms with van der Waals surface area (Å²) in [5, 5.41) is 0.725. The van der Waals surface area contributed by atoms with E-state index in [4.69, 9.17) is 17.3 Å². The number of hydrogen-bond donors (Lipinski definition) is 1. The maximum absolute atomic E-state index is 5.84. The molecule has 0 bridgehead atoms. The summed E-state index contributed by atoms with van der Waals surface area (Å²) in [6, 6.07) is 7.69. The van der Waals surface area contributed by atoms with Crippen molar-refractivity contribution < 1.29 is 0 Å². The quantitative estimate of drug-likeness (QED) is 0.907. The SMILES string of the molecule is CC(N)Cc1ncc(-c2ccc(Cl)cc2)cn1. The first kappa shape index (κ1) is 12.0. The van der Waals surface area contributed by atoms with Crippen LogP contribution >= 0.6 is 11.6 Å². The van der Waals surface area contributed by atoms with E-state index in [1.807, 2.05) is 43.6 Å². The smallest absolute Gasteiger partial charge is 0.129 e. The van der Waals surface area contributed by atoms with Gasteiger partial charge in [-0.1, -0.05) is 23.7 Å². The van der Waals surface area contributed by atoms with Crippen molar-refractivity contribution in [3.8, 4) is 11.1 Å². The molecule has 1 aromatic carbocycles. The molecule has 2 aromatic rings. The zero-order valence-corrected chi connectivity index (χ0v) is 10.4. The van der Waals surface area contributed by atoms with Gasteiger partial charge in [-0.3, -0.25) is 0 Å². The van der Waals surface area contributed by atoms with Crippen LogP contribution in [0.4, 0.5) is 0 Å². The fourth-order valence-corrected chi connectivity index (χ4v) is 1.67. The Bertz CT molecular complexity index is 477. The van der Waals surface area contributed by atoms with Crippen LogP contribution in [-0.2, 0) is 6.42 Å². The van der Waals surface area contributed by atoms with E-state index in [-0.39, 0.29) is 6.04 Å². The molecule has 1 heterocycles. The highest BCUT2D eigenvalue weighted by Crippen LogP contribution is 2.19. The van der Waals surface area contributed by atoms with Gasteiger partial charge in [-0.15, -0.1) is 0 Å². The Kier molecular flexibility index (Phi) is 3.71. The van der Waals surface area contributed by atoms with Crippen molar-refractivity contribution >= 4 is 11.6 Å². The van der Waals surface area contributed by atoms with Gasteiger partial charge in [0.2, 0.25) is 0 Å². The molecule has 2 N–H and O–H groups in total. The molecule has 0 radical (unpaired) electrons. The molecule has 4 heteroatoms. The zero-order chi connectivity index (χ0) is 12.3. The number of hydrogen-bond acceptors (Lipinski definition) is 3.